The van der Waals surface area contributed by atoms with Crippen LogP contribution in [-0.2, 0) is 9.84 Å². The number of aromatic carboxylic acids is 1. The number of sulfone groups is 1. The van der Waals surface area contributed by atoms with Gasteiger partial charge in [0, 0.05) is 10.1 Å². The van der Waals surface area contributed by atoms with Gasteiger partial charge in [-0.15, -0.1) is 11.8 Å². The maximum Gasteiger partial charge on any atom is 0.336 e. The summed E-state index contributed by atoms with van der Waals surface area (Å²) in [6.45, 7) is 0. The van der Waals surface area contributed by atoms with Crippen LogP contribution in [0.2, 0.25) is 0 Å². The molecular formula is C11H12O4S2. The highest BCUT2D eigenvalue weighted by atomic mass is 32.2. The highest BCUT2D eigenvalue weighted by Crippen LogP contribution is 2.32. The predicted molar refractivity (Wildman–Crippen MR) is 66.3 cm³/mol. The standard InChI is InChI=1S/C11H12O4S2/c12-11(13)9-3-1-2-4-10(9)16-8-5-6-17(14,15)7-8/h1-4,8H,5-7H2,(H,12,13)/t8-/m1/s1. The number of rotatable bonds is 3. The lowest BCUT2D eigenvalue weighted by molar-refractivity contribution is 0.0693. The first kappa shape index (κ1) is 12.4. The van der Waals surface area contributed by atoms with Crippen molar-refractivity contribution in [1.29, 1.82) is 0 Å². The third kappa shape index (κ3) is 3.01. The summed E-state index contributed by atoms with van der Waals surface area (Å²) >= 11 is 1.35. The molecule has 1 aromatic rings. The second-order valence-corrected chi connectivity index (χ2v) is 7.52. The quantitative estimate of drug-likeness (QED) is 0.906. The molecule has 92 valence electrons. The number of hydrogen-bond acceptors (Lipinski definition) is 4. The Bertz CT molecular complexity index is 536. The summed E-state index contributed by atoms with van der Waals surface area (Å²) in [5.74, 6) is -0.625. The van der Waals surface area contributed by atoms with E-state index in [9.17, 15) is 13.2 Å². The van der Waals surface area contributed by atoms with Gasteiger partial charge in [-0.1, -0.05) is 12.1 Å². The largest absolute Gasteiger partial charge is 0.478 e. The van der Waals surface area contributed by atoms with Crippen LogP contribution in [0.25, 0.3) is 0 Å². The van der Waals surface area contributed by atoms with E-state index in [0.29, 0.717) is 11.3 Å². The van der Waals surface area contributed by atoms with Crippen LogP contribution in [0.5, 0.6) is 0 Å². The number of carboxylic acid groups (broad SMARTS) is 1. The molecule has 2 rings (SSSR count). The van der Waals surface area contributed by atoms with Crippen molar-refractivity contribution >= 4 is 27.6 Å². The molecule has 1 aliphatic rings. The Morgan fingerprint density at radius 1 is 1.35 bits per heavy atom. The number of benzene rings is 1. The lowest BCUT2D eigenvalue weighted by Crippen LogP contribution is -2.07. The van der Waals surface area contributed by atoms with E-state index in [0.717, 1.165) is 0 Å². The summed E-state index contributed by atoms with van der Waals surface area (Å²) in [6, 6.07) is 6.68. The topological polar surface area (TPSA) is 71.4 Å². The van der Waals surface area contributed by atoms with Crippen LogP contribution in [0.4, 0.5) is 0 Å². The SMILES string of the molecule is O=C(O)c1ccccc1S[C@@H]1CCS(=O)(=O)C1. The summed E-state index contributed by atoms with van der Waals surface area (Å²) in [5.41, 5.74) is 0.238. The van der Waals surface area contributed by atoms with E-state index in [2.05, 4.69) is 0 Å². The van der Waals surface area contributed by atoms with Gasteiger partial charge in [-0.25, -0.2) is 13.2 Å². The molecule has 6 heteroatoms. The van der Waals surface area contributed by atoms with Gasteiger partial charge in [0.05, 0.1) is 17.1 Å². The smallest absolute Gasteiger partial charge is 0.336 e. The minimum absolute atomic E-state index is 0.0273. The summed E-state index contributed by atoms with van der Waals surface area (Å²) in [4.78, 5) is 11.6. The molecule has 1 aliphatic heterocycles. The molecule has 1 N–H and O–H groups in total. The molecule has 1 saturated heterocycles. The molecule has 0 amide bonds. The van der Waals surface area contributed by atoms with Crippen molar-refractivity contribution in [1.82, 2.24) is 0 Å². The third-order valence-corrected chi connectivity index (χ3v) is 5.93. The highest BCUT2D eigenvalue weighted by Gasteiger charge is 2.29. The molecule has 0 aromatic heterocycles. The minimum atomic E-state index is -2.92. The van der Waals surface area contributed by atoms with E-state index in [-0.39, 0.29) is 22.3 Å². The van der Waals surface area contributed by atoms with Gasteiger partial charge >= 0.3 is 5.97 Å². The van der Waals surface area contributed by atoms with Crippen molar-refractivity contribution in [2.24, 2.45) is 0 Å². The maximum absolute atomic E-state index is 11.3. The minimum Gasteiger partial charge on any atom is -0.478 e. The van der Waals surface area contributed by atoms with Crippen molar-refractivity contribution in [2.45, 2.75) is 16.6 Å². The molecule has 1 heterocycles. The van der Waals surface area contributed by atoms with Crippen molar-refractivity contribution in [2.75, 3.05) is 11.5 Å². The molecule has 4 nitrogen and oxygen atoms in total. The van der Waals surface area contributed by atoms with E-state index in [1.54, 1.807) is 18.2 Å². The molecule has 1 fully saturated rings. The molecule has 17 heavy (non-hydrogen) atoms. The zero-order valence-corrected chi connectivity index (χ0v) is 10.6. The van der Waals surface area contributed by atoms with Crippen LogP contribution < -0.4 is 0 Å². The van der Waals surface area contributed by atoms with Crippen LogP contribution in [0.3, 0.4) is 0 Å². The van der Waals surface area contributed by atoms with Gasteiger partial charge in [0.25, 0.3) is 0 Å². The fourth-order valence-corrected chi connectivity index (χ4v) is 5.40. The molecule has 0 radical (unpaired) electrons. The zero-order valence-electron chi connectivity index (χ0n) is 9.00. The fourth-order valence-electron chi connectivity index (χ4n) is 1.78. The number of thioether (sulfide) groups is 1. The maximum atomic E-state index is 11.3. The second-order valence-electron chi connectivity index (χ2n) is 3.94. The van der Waals surface area contributed by atoms with Gasteiger partial charge in [-0.05, 0) is 18.6 Å². The molecule has 0 unspecified atom stereocenters. The monoisotopic (exact) mass is 272 g/mol. The zero-order chi connectivity index (χ0) is 12.5. The van der Waals surface area contributed by atoms with Crippen molar-refractivity contribution in [3.05, 3.63) is 29.8 Å². The van der Waals surface area contributed by atoms with Gasteiger partial charge in [0.1, 0.15) is 0 Å². The van der Waals surface area contributed by atoms with E-state index in [4.69, 9.17) is 5.11 Å². The van der Waals surface area contributed by atoms with Crippen LogP contribution in [0.1, 0.15) is 16.8 Å². The first-order valence-electron chi connectivity index (χ1n) is 5.17. The van der Waals surface area contributed by atoms with Gasteiger partial charge in [-0.3, -0.25) is 0 Å². The summed E-state index contributed by atoms with van der Waals surface area (Å²) in [7, 11) is -2.92. The molecule has 0 saturated carbocycles. The van der Waals surface area contributed by atoms with Crippen LogP contribution in [-0.4, -0.2) is 36.2 Å². The molecule has 1 atom stereocenters. The summed E-state index contributed by atoms with van der Waals surface area (Å²) in [5, 5.41) is 8.98. The predicted octanol–water partition coefficient (Wildman–Crippen LogP) is 1.66. The Morgan fingerprint density at radius 2 is 2.06 bits per heavy atom. The molecule has 0 spiro atoms. The third-order valence-electron chi connectivity index (χ3n) is 2.60. The van der Waals surface area contributed by atoms with Crippen LogP contribution in [0.15, 0.2) is 29.2 Å². The first-order chi connectivity index (χ1) is 7.98. The van der Waals surface area contributed by atoms with Crippen LogP contribution >= 0.6 is 11.8 Å². The fraction of sp³-hybridized carbons (Fsp3) is 0.364. The number of carboxylic acids is 1. The molecule has 1 aromatic carbocycles. The Morgan fingerprint density at radius 3 is 2.65 bits per heavy atom. The Hall–Kier alpha value is -1.01. The first-order valence-corrected chi connectivity index (χ1v) is 7.87. The van der Waals surface area contributed by atoms with Crippen molar-refractivity contribution in [3.63, 3.8) is 0 Å². The summed E-state index contributed by atoms with van der Waals surface area (Å²) in [6.07, 6.45) is 0.598. The normalized spacial score (nSPS) is 22.5. The van der Waals surface area contributed by atoms with E-state index >= 15 is 0 Å². The Labute approximate surface area is 104 Å². The summed E-state index contributed by atoms with van der Waals surface area (Å²) < 4.78 is 22.6. The lowest BCUT2D eigenvalue weighted by atomic mass is 10.2. The highest BCUT2D eigenvalue weighted by molar-refractivity contribution is 8.01. The molecular weight excluding hydrogens is 260 g/mol. The average molecular weight is 272 g/mol. The van der Waals surface area contributed by atoms with Gasteiger partial charge in [0.15, 0.2) is 9.84 Å². The van der Waals surface area contributed by atoms with Gasteiger partial charge in [0.2, 0.25) is 0 Å². The van der Waals surface area contributed by atoms with Gasteiger partial charge in [-0.2, -0.15) is 0 Å². The Kier molecular flexibility index (Phi) is 3.44. The molecule has 0 aliphatic carbocycles. The molecule has 0 bridgehead atoms. The lowest BCUT2D eigenvalue weighted by Gasteiger charge is -2.09. The second kappa shape index (κ2) is 4.70. The van der Waals surface area contributed by atoms with E-state index in [1.165, 1.54) is 17.8 Å². The van der Waals surface area contributed by atoms with Crippen molar-refractivity contribution in [3.8, 4) is 0 Å². The Balaban J connectivity index is 2.17. The van der Waals surface area contributed by atoms with E-state index in [1.807, 2.05) is 0 Å². The number of carbonyl (C=O) groups is 1. The van der Waals surface area contributed by atoms with Crippen LogP contribution in [0, 0.1) is 0 Å². The average Bonchev–Trinajstić information content (AvgIpc) is 2.58. The number of hydrogen-bond donors (Lipinski definition) is 1. The van der Waals surface area contributed by atoms with Crippen molar-refractivity contribution < 1.29 is 18.3 Å². The van der Waals surface area contributed by atoms with Gasteiger partial charge < -0.3 is 5.11 Å². The van der Waals surface area contributed by atoms with E-state index < -0.39 is 15.8 Å².